The molecular weight excluding hydrogens is 802 g/mol. The van der Waals surface area contributed by atoms with Gasteiger partial charge < -0.3 is 69.7 Å². The summed E-state index contributed by atoms with van der Waals surface area (Å²) in [5.74, 6) is -13.8. The molecule has 0 spiro atoms. The summed E-state index contributed by atoms with van der Waals surface area (Å²) in [6, 6.07) is 0. The predicted octanol–water partition coefficient (Wildman–Crippen LogP) is -3.41. The number of carbonyl (C=O) groups excluding carboxylic acids is 2. The lowest BCUT2D eigenvalue weighted by Gasteiger charge is -2.22. The SMILES string of the molecule is C=CC(=O)O.CC(C(=O)O)C(OC(CP(=O)(O)O)C(=O)O)C(=O)O.O=C(O)/C=C\C(=O)O.O=C(O)C1OC1C(=O)O.O=C1C=CC(=O)O1.O=[P+]([O-])O.OO.[HH]. The Kier molecular flexibility index (Phi) is 32.7. The Morgan fingerprint density at radius 3 is 1.31 bits per heavy atom. The van der Waals surface area contributed by atoms with E-state index in [9.17, 15) is 52.5 Å². The number of carbonyl (C=O) groups is 10. The van der Waals surface area contributed by atoms with Crippen molar-refractivity contribution in [2.24, 2.45) is 5.92 Å². The number of aliphatic carboxylic acids is 8. The zero-order chi connectivity index (χ0) is 44.1. The maximum Gasteiger partial charge on any atom is 0.485 e. The minimum Gasteiger partial charge on any atom is -0.567 e. The second-order valence-electron chi connectivity index (χ2n) is 8.21. The minimum absolute atomic E-state index is 0. The van der Waals surface area contributed by atoms with Gasteiger partial charge in [-0.15, -0.1) is 0 Å². The standard InChI is InChI=1S/C8H13O10P.C4H4O5.C4H4O4.C4H2O3.C3H4O2.HO3P.H2O2.H2/c1-3(6(9)10)5(8(13)14)18-4(7(11)12)2-19(15,16)17;5-3(6)1-2(9-1)4(7)8;5-3(6)1-2-4(7)8;5-3-1-2-4(6)7-3;1-2-3(4)5;1-4(2)3;1-2;/h3-5H,2H2,1H3,(H,9,10)(H,11,12)(H,13,14)(H2,15,16,17);1-2H,(H,5,6)(H,7,8);1-2H,(H,5,6)(H,7,8);1-2H;2H,1H2,(H,4,5);(H,1,2,3);1-2H;1H/b;;2-1-;;;;;. The number of hydrogen-bond acceptors (Lipinski definition) is 18. The van der Waals surface area contributed by atoms with Gasteiger partial charge in [-0.1, -0.05) is 6.58 Å². The van der Waals surface area contributed by atoms with Crippen LogP contribution >= 0.6 is 15.9 Å². The van der Waals surface area contributed by atoms with Crippen LogP contribution in [0.25, 0.3) is 0 Å². The van der Waals surface area contributed by atoms with Crippen molar-refractivity contribution in [3.63, 3.8) is 0 Å². The highest BCUT2D eigenvalue weighted by atomic mass is 31.2. The molecule has 2 heterocycles. The Morgan fingerprint density at radius 2 is 1.17 bits per heavy atom. The lowest BCUT2D eigenvalue weighted by atomic mass is 10.1. The van der Waals surface area contributed by atoms with Crippen molar-refractivity contribution in [3.8, 4) is 0 Å². The third-order valence-electron chi connectivity index (χ3n) is 4.16. The fourth-order valence-electron chi connectivity index (χ4n) is 2.03. The molecule has 0 saturated carbocycles. The number of carboxylic acid groups (broad SMARTS) is 8. The van der Waals surface area contributed by atoms with Crippen LogP contribution in [0.2, 0.25) is 0 Å². The Labute approximate surface area is 300 Å². The zero-order valence-electron chi connectivity index (χ0n) is 26.4. The van der Waals surface area contributed by atoms with Crippen LogP contribution in [-0.2, 0) is 71.3 Å². The molecule has 29 nitrogen and oxygen atoms in total. The third-order valence-corrected chi connectivity index (χ3v) is 4.96. The van der Waals surface area contributed by atoms with Crippen LogP contribution < -0.4 is 4.89 Å². The molecule has 13 N–H and O–H groups in total. The van der Waals surface area contributed by atoms with E-state index in [0.717, 1.165) is 25.2 Å². The molecule has 1 saturated heterocycles. The van der Waals surface area contributed by atoms with Gasteiger partial charge in [0.25, 0.3) is 0 Å². The third kappa shape index (κ3) is 38.9. The van der Waals surface area contributed by atoms with Crippen LogP contribution in [0.1, 0.15) is 8.35 Å². The fourth-order valence-corrected chi connectivity index (χ4v) is 2.70. The summed E-state index contributed by atoms with van der Waals surface area (Å²) in [5.41, 5.74) is 0. The molecule has 2 aliphatic rings. The number of rotatable bonds is 13. The molecule has 1 fully saturated rings. The van der Waals surface area contributed by atoms with Crippen molar-refractivity contribution in [2.75, 3.05) is 6.16 Å². The van der Waals surface area contributed by atoms with Gasteiger partial charge in [0.1, 0.15) is 0 Å². The van der Waals surface area contributed by atoms with Crippen molar-refractivity contribution in [2.45, 2.75) is 31.3 Å². The molecule has 2 aliphatic heterocycles. The number of hydrogen-bond donors (Lipinski definition) is 13. The van der Waals surface area contributed by atoms with Gasteiger partial charge in [-0.25, -0.2) is 43.2 Å². The Bertz CT molecular complexity index is 1410. The molecule has 0 aromatic heterocycles. The monoisotopic (exact) mass is 834 g/mol. The average Bonchev–Trinajstić information content (AvgIpc) is 3.76. The molecule has 54 heavy (non-hydrogen) atoms. The van der Waals surface area contributed by atoms with E-state index in [0.29, 0.717) is 12.2 Å². The highest BCUT2D eigenvalue weighted by Crippen LogP contribution is 2.36. The highest BCUT2D eigenvalue weighted by Gasteiger charge is 2.51. The van der Waals surface area contributed by atoms with Crippen molar-refractivity contribution < 1.29 is 144 Å². The maximum atomic E-state index is 10.8. The Morgan fingerprint density at radius 1 is 0.833 bits per heavy atom. The molecule has 308 valence electrons. The molecule has 0 aromatic carbocycles. The molecule has 0 bridgehead atoms. The Balaban J connectivity index is -0.000000141. The van der Waals surface area contributed by atoms with Gasteiger partial charge in [-0.05, 0) is 11.5 Å². The van der Waals surface area contributed by atoms with E-state index >= 15 is 0 Å². The molecule has 0 radical (unpaired) electrons. The summed E-state index contributed by atoms with van der Waals surface area (Å²) in [4.78, 5) is 133. The van der Waals surface area contributed by atoms with Crippen LogP contribution in [0.15, 0.2) is 37.0 Å². The summed E-state index contributed by atoms with van der Waals surface area (Å²) < 4.78 is 32.0. The van der Waals surface area contributed by atoms with Crippen LogP contribution in [0, 0.1) is 5.92 Å². The first-order valence-corrected chi connectivity index (χ1v) is 15.4. The first-order chi connectivity index (χ1) is 24.5. The van der Waals surface area contributed by atoms with Gasteiger partial charge in [-0.2, -0.15) is 4.89 Å². The van der Waals surface area contributed by atoms with Crippen LogP contribution in [0.3, 0.4) is 0 Å². The molecule has 0 aromatic rings. The molecule has 2 rings (SSSR count). The van der Waals surface area contributed by atoms with Crippen molar-refractivity contribution in [3.05, 3.63) is 37.0 Å². The zero-order valence-corrected chi connectivity index (χ0v) is 28.2. The molecule has 31 heteroatoms. The van der Waals surface area contributed by atoms with Crippen molar-refractivity contribution >= 4 is 75.5 Å². The van der Waals surface area contributed by atoms with Crippen LogP contribution in [-0.4, -0.2) is 156 Å². The van der Waals surface area contributed by atoms with E-state index < -0.39 is 112 Å². The number of epoxide rings is 1. The summed E-state index contributed by atoms with van der Waals surface area (Å²) in [6.07, 6.45) is -3.53. The quantitative estimate of drug-likeness (QED) is 0.0163. The van der Waals surface area contributed by atoms with Crippen LogP contribution in [0.5, 0.6) is 0 Å². The van der Waals surface area contributed by atoms with Crippen molar-refractivity contribution in [1.82, 2.24) is 0 Å². The fraction of sp³-hybridized carbons (Fsp3) is 0.304. The topological polar surface area (TPSA) is 522 Å². The second kappa shape index (κ2) is 30.7. The smallest absolute Gasteiger partial charge is 0.485 e. The predicted molar refractivity (Wildman–Crippen MR) is 161 cm³/mol. The summed E-state index contributed by atoms with van der Waals surface area (Å²) >= 11 is 0. The number of cyclic esters (lactones) is 2. The van der Waals surface area contributed by atoms with Gasteiger partial charge in [0.15, 0.2) is 24.4 Å². The van der Waals surface area contributed by atoms with Crippen molar-refractivity contribution in [1.29, 1.82) is 0 Å². The molecule has 0 amide bonds. The maximum absolute atomic E-state index is 10.8. The van der Waals surface area contributed by atoms with E-state index in [1.54, 1.807) is 0 Å². The van der Waals surface area contributed by atoms with E-state index in [2.05, 4.69) is 20.8 Å². The van der Waals surface area contributed by atoms with Gasteiger partial charge in [0, 0.05) is 31.8 Å². The van der Waals surface area contributed by atoms with Gasteiger partial charge in [-0.3, -0.25) is 19.9 Å². The minimum atomic E-state index is -4.76. The van der Waals surface area contributed by atoms with Gasteiger partial charge >= 0.3 is 75.5 Å². The molecule has 0 aliphatic carbocycles. The van der Waals surface area contributed by atoms with Gasteiger partial charge in [0.05, 0.1) is 12.1 Å². The average molecular weight is 834 g/mol. The van der Waals surface area contributed by atoms with Gasteiger partial charge in [0.2, 0.25) is 0 Å². The van der Waals surface area contributed by atoms with E-state index in [1.807, 2.05) is 0 Å². The largest absolute Gasteiger partial charge is 0.567 e. The molecule has 6 atom stereocenters. The molecule has 6 unspecified atom stereocenters. The van der Waals surface area contributed by atoms with E-state index in [4.69, 9.17) is 75.5 Å². The first kappa shape index (κ1) is 57.5. The number of esters is 2. The summed E-state index contributed by atoms with van der Waals surface area (Å²) in [6.45, 7) is 3.93. The number of carboxylic acids is 8. The first-order valence-electron chi connectivity index (χ1n) is 12.5. The highest BCUT2D eigenvalue weighted by molar-refractivity contribution is 7.51. The van der Waals surface area contributed by atoms with E-state index in [-0.39, 0.29) is 1.43 Å². The molecular formula is C23H32O29P2. The number of ether oxygens (including phenoxy) is 3. The lowest BCUT2D eigenvalue weighted by molar-refractivity contribution is -0.180. The van der Waals surface area contributed by atoms with E-state index in [1.165, 1.54) is 0 Å². The normalized spacial score (nSPS) is 16.2. The summed E-state index contributed by atoms with van der Waals surface area (Å²) in [5, 5.41) is 77.5. The lowest BCUT2D eigenvalue weighted by Crippen LogP contribution is -2.42. The Hall–Kier alpha value is -5.87. The summed E-state index contributed by atoms with van der Waals surface area (Å²) in [7, 11) is -7.88. The van der Waals surface area contributed by atoms with Crippen LogP contribution in [0.4, 0.5) is 0 Å². The second-order valence-corrected chi connectivity index (χ2v) is 10.4.